The summed E-state index contributed by atoms with van der Waals surface area (Å²) in [6.07, 6.45) is 8.22. The summed E-state index contributed by atoms with van der Waals surface area (Å²) in [5.74, 6) is 0. The van der Waals surface area contributed by atoms with Crippen LogP contribution in [0.5, 0.6) is 0 Å². The maximum atomic E-state index is 4.01. The molecule has 0 aromatic heterocycles. The van der Waals surface area contributed by atoms with Crippen molar-refractivity contribution in [2.45, 2.75) is 40.0 Å². The second-order valence-corrected chi connectivity index (χ2v) is 18.7. The minimum absolute atomic E-state index is 0.594. The van der Waals surface area contributed by atoms with Gasteiger partial charge in [-0.05, 0) is 188 Å². The zero-order chi connectivity index (χ0) is 46.3. The fraction of sp³-hybridized carbons (Fsp3) is 0.0909. The quantitative estimate of drug-likeness (QED) is 0.111. The second-order valence-electron chi connectivity index (χ2n) is 18.7. The molecule has 2 aliphatic carbocycles. The first kappa shape index (κ1) is 41.2. The van der Waals surface area contributed by atoms with Gasteiger partial charge in [0.2, 0.25) is 0 Å². The summed E-state index contributed by atoms with van der Waals surface area (Å²) in [5, 5.41) is 7.52. The van der Waals surface area contributed by atoms with Crippen LogP contribution in [0.15, 0.2) is 225 Å². The fourth-order valence-corrected chi connectivity index (χ4v) is 11.8. The summed E-state index contributed by atoms with van der Waals surface area (Å²) in [5.41, 5.74) is 21.7. The highest BCUT2D eigenvalue weighted by atomic mass is 15.2. The standard InChI is InChI=1S/C66H52N2/c1-7-9-19-47(8-2)67(61-38-42(3)28-30-44(61)5)49-33-36-51-46(40-49)32-35-57-63-55-25-14-13-22-52(55)58-41-50(68(48-20-11-10-12-21-48)62-39-43(4)29-31-45(62)6)34-37-56(58)65(63)66(64(51)57)59-26-17-15-23-53(59)54-24-16-18-27-60(54)66/h7-41H,1H2,2-6H3/b19-9-,47-8+. The van der Waals surface area contributed by atoms with Gasteiger partial charge in [-0.25, -0.2) is 0 Å². The van der Waals surface area contributed by atoms with Crippen LogP contribution in [-0.2, 0) is 5.41 Å². The van der Waals surface area contributed by atoms with E-state index in [0.29, 0.717) is 0 Å². The highest BCUT2D eigenvalue weighted by Crippen LogP contribution is 2.67. The normalized spacial score (nSPS) is 13.3. The zero-order valence-corrected chi connectivity index (χ0v) is 39.3. The third kappa shape index (κ3) is 6.03. The van der Waals surface area contributed by atoms with Crippen LogP contribution in [-0.4, -0.2) is 0 Å². The Bertz CT molecular complexity index is 3730. The smallest absolute Gasteiger partial charge is 0.0737 e. The largest absolute Gasteiger partial charge is 0.311 e. The van der Waals surface area contributed by atoms with E-state index in [1.165, 1.54) is 105 Å². The van der Waals surface area contributed by atoms with Crippen molar-refractivity contribution in [2.75, 3.05) is 9.80 Å². The van der Waals surface area contributed by atoms with Crippen molar-refractivity contribution in [2.24, 2.45) is 0 Å². The number of rotatable bonds is 8. The van der Waals surface area contributed by atoms with Crippen LogP contribution < -0.4 is 9.80 Å². The van der Waals surface area contributed by atoms with E-state index in [4.69, 9.17) is 0 Å². The first-order chi connectivity index (χ1) is 33.3. The van der Waals surface area contributed by atoms with Crippen LogP contribution in [0.4, 0.5) is 28.4 Å². The Morgan fingerprint density at radius 3 is 1.79 bits per heavy atom. The molecule has 0 saturated heterocycles. The lowest BCUT2D eigenvalue weighted by Gasteiger charge is -2.33. The topological polar surface area (TPSA) is 6.48 Å². The molecule has 2 aliphatic rings. The summed E-state index contributed by atoms with van der Waals surface area (Å²) in [4.78, 5) is 4.84. The van der Waals surface area contributed by atoms with Gasteiger partial charge < -0.3 is 9.80 Å². The average molecular weight is 873 g/mol. The van der Waals surface area contributed by atoms with Gasteiger partial charge in [-0.3, -0.25) is 0 Å². The van der Waals surface area contributed by atoms with Gasteiger partial charge in [0.05, 0.1) is 5.41 Å². The molecule has 0 fully saturated rings. The van der Waals surface area contributed by atoms with Crippen molar-refractivity contribution >= 4 is 60.8 Å². The molecule has 0 unspecified atom stereocenters. The average Bonchev–Trinajstić information content (AvgIpc) is 3.85. The van der Waals surface area contributed by atoms with E-state index in [9.17, 15) is 0 Å². The van der Waals surface area contributed by atoms with Crippen molar-refractivity contribution in [3.05, 3.63) is 269 Å². The maximum Gasteiger partial charge on any atom is 0.0737 e. The summed E-state index contributed by atoms with van der Waals surface area (Å²) in [6.45, 7) is 14.9. The number of fused-ring (bicyclic) bond motifs is 17. The SMILES string of the molecule is C=C/C=C\C(=C/C)N(c1ccc2c3c(ccc2c1)-c1c(c2ccc(N(c4ccccc4)c4cc(C)ccc4C)cc2c2ccccc12)C31c2ccccc2-c2ccccc21)c1cc(C)ccc1C. The van der Waals surface area contributed by atoms with Crippen LogP contribution in [0.1, 0.15) is 51.4 Å². The van der Waals surface area contributed by atoms with Crippen LogP contribution in [0.25, 0.3) is 54.6 Å². The number of allylic oxidation sites excluding steroid dienone is 4. The molecular formula is C66H52N2. The predicted octanol–water partition coefficient (Wildman–Crippen LogP) is 18.0. The molecular weight excluding hydrogens is 821 g/mol. The van der Waals surface area contributed by atoms with Crippen LogP contribution in [0, 0.1) is 27.7 Å². The van der Waals surface area contributed by atoms with Gasteiger partial charge in [-0.1, -0.05) is 164 Å². The lowest BCUT2D eigenvalue weighted by molar-refractivity contribution is 0.809. The minimum atomic E-state index is -0.594. The van der Waals surface area contributed by atoms with E-state index in [-0.39, 0.29) is 0 Å². The summed E-state index contributed by atoms with van der Waals surface area (Å²) >= 11 is 0. The first-order valence-electron chi connectivity index (χ1n) is 23.8. The van der Waals surface area contributed by atoms with Gasteiger partial charge in [0.1, 0.15) is 0 Å². The Balaban J connectivity index is 1.18. The van der Waals surface area contributed by atoms with Gasteiger partial charge in [-0.2, -0.15) is 0 Å². The third-order valence-electron chi connectivity index (χ3n) is 14.7. The summed E-state index contributed by atoms with van der Waals surface area (Å²) < 4.78 is 0. The Morgan fingerprint density at radius 2 is 1.09 bits per heavy atom. The van der Waals surface area contributed by atoms with E-state index in [2.05, 4.69) is 251 Å². The Labute approximate surface area is 400 Å². The molecule has 12 rings (SSSR count). The van der Waals surface area contributed by atoms with Gasteiger partial charge in [-0.15, -0.1) is 0 Å². The highest BCUT2D eigenvalue weighted by Gasteiger charge is 2.53. The van der Waals surface area contributed by atoms with Crippen molar-refractivity contribution in [1.29, 1.82) is 0 Å². The first-order valence-corrected chi connectivity index (χ1v) is 23.8. The number of nitrogens with zero attached hydrogens (tertiary/aromatic N) is 2. The Morgan fingerprint density at radius 1 is 0.471 bits per heavy atom. The number of hydrogen-bond acceptors (Lipinski definition) is 2. The summed E-state index contributed by atoms with van der Waals surface area (Å²) in [7, 11) is 0. The van der Waals surface area contributed by atoms with Gasteiger partial charge in [0.25, 0.3) is 0 Å². The molecule has 0 amide bonds. The van der Waals surface area contributed by atoms with E-state index in [1.54, 1.807) is 0 Å². The van der Waals surface area contributed by atoms with E-state index in [1.807, 2.05) is 12.2 Å². The zero-order valence-electron chi connectivity index (χ0n) is 39.3. The van der Waals surface area contributed by atoms with Crippen molar-refractivity contribution < 1.29 is 0 Å². The van der Waals surface area contributed by atoms with Gasteiger partial charge in [0.15, 0.2) is 0 Å². The number of benzene rings is 10. The van der Waals surface area contributed by atoms with E-state index >= 15 is 0 Å². The molecule has 0 atom stereocenters. The number of anilines is 5. The van der Waals surface area contributed by atoms with Crippen LogP contribution in [0.3, 0.4) is 0 Å². The van der Waals surface area contributed by atoms with Crippen molar-refractivity contribution in [1.82, 2.24) is 0 Å². The van der Waals surface area contributed by atoms with Crippen molar-refractivity contribution in [3.63, 3.8) is 0 Å². The highest BCUT2D eigenvalue weighted by molar-refractivity contribution is 6.22. The Hall–Kier alpha value is -8.20. The second kappa shape index (κ2) is 16.0. The fourth-order valence-electron chi connectivity index (χ4n) is 11.8. The van der Waals surface area contributed by atoms with Crippen LogP contribution >= 0.6 is 0 Å². The molecule has 326 valence electrons. The van der Waals surface area contributed by atoms with E-state index in [0.717, 1.165) is 28.4 Å². The molecule has 2 nitrogen and oxygen atoms in total. The molecule has 10 aromatic carbocycles. The molecule has 0 aliphatic heterocycles. The van der Waals surface area contributed by atoms with E-state index < -0.39 is 5.41 Å². The molecule has 0 radical (unpaired) electrons. The van der Waals surface area contributed by atoms with Crippen LogP contribution in [0.2, 0.25) is 0 Å². The van der Waals surface area contributed by atoms with Gasteiger partial charge >= 0.3 is 0 Å². The predicted molar refractivity (Wildman–Crippen MR) is 291 cm³/mol. The minimum Gasteiger partial charge on any atom is -0.311 e. The molecule has 0 saturated carbocycles. The van der Waals surface area contributed by atoms with Gasteiger partial charge in [0, 0.05) is 34.1 Å². The molecule has 0 heterocycles. The third-order valence-corrected chi connectivity index (χ3v) is 14.7. The maximum absolute atomic E-state index is 4.01. The van der Waals surface area contributed by atoms with Crippen molar-refractivity contribution in [3.8, 4) is 22.3 Å². The monoisotopic (exact) mass is 872 g/mol. The molecule has 68 heavy (non-hydrogen) atoms. The number of aryl methyl sites for hydroxylation is 4. The molecule has 0 bridgehead atoms. The Kier molecular flexibility index (Phi) is 9.71. The molecule has 0 N–H and O–H groups in total. The molecule has 2 heteroatoms. The number of hydrogen-bond donors (Lipinski definition) is 0. The molecule has 10 aromatic rings. The lowest BCUT2D eigenvalue weighted by Crippen LogP contribution is -2.26. The molecule has 1 spiro atoms. The summed E-state index contributed by atoms with van der Waals surface area (Å²) in [6, 6.07) is 71.0. The number of para-hydroxylation sites is 1. The lowest BCUT2D eigenvalue weighted by atomic mass is 9.68.